The zero-order valence-corrected chi connectivity index (χ0v) is 16.4. The second kappa shape index (κ2) is 7.57. The van der Waals surface area contributed by atoms with Gasteiger partial charge >= 0.3 is 0 Å². The Kier molecular flexibility index (Phi) is 4.99. The molecule has 4 nitrogen and oxygen atoms in total. The van der Waals surface area contributed by atoms with Gasteiger partial charge in [-0.15, -0.1) is 0 Å². The van der Waals surface area contributed by atoms with Crippen LogP contribution in [0.5, 0.6) is 0 Å². The number of nitrogens with one attached hydrogen (secondary N) is 1. The normalized spacial score (nSPS) is 13.6. The highest BCUT2D eigenvalue weighted by atomic mass is 35.5. The van der Waals surface area contributed by atoms with Crippen molar-refractivity contribution in [2.45, 2.75) is 32.7 Å². The first-order chi connectivity index (χ1) is 13.1. The van der Waals surface area contributed by atoms with Gasteiger partial charge in [-0.25, -0.2) is 9.97 Å². The zero-order chi connectivity index (χ0) is 18.8. The molecule has 0 radical (unpaired) electrons. The third kappa shape index (κ3) is 4.06. The van der Waals surface area contributed by atoms with Crippen LogP contribution in [0.2, 0.25) is 5.02 Å². The minimum atomic E-state index is 0.261. The Morgan fingerprint density at radius 3 is 2.59 bits per heavy atom. The number of hydrogen-bond donors (Lipinski definition) is 1. The fourth-order valence-electron chi connectivity index (χ4n) is 3.32. The molecule has 0 unspecified atom stereocenters. The van der Waals surface area contributed by atoms with Crippen molar-refractivity contribution < 1.29 is 0 Å². The van der Waals surface area contributed by atoms with E-state index in [9.17, 15) is 0 Å². The van der Waals surface area contributed by atoms with Crippen LogP contribution in [0, 0.1) is 0 Å². The zero-order valence-electron chi connectivity index (χ0n) is 15.6. The fourth-order valence-corrected chi connectivity index (χ4v) is 3.52. The molecule has 0 amide bonds. The maximum Gasteiger partial charge on any atom is 0.136 e. The van der Waals surface area contributed by atoms with Crippen LogP contribution in [0.3, 0.4) is 0 Å². The van der Waals surface area contributed by atoms with Crippen LogP contribution in [0.15, 0.2) is 54.6 Å². The SMILES string of the molecule is CC(C)c1nc(Nc2ccccc2)cc(N2CCc3cc(Cl)ccc3C2)n1. The second-order valence-electron chi connectivity index (χ2n) is 7.20. The first-order valence-corrected chi connectivity index (χ1v) is 9.69. The Morgan fingerprint density at radius 2 is 1.81 bits per heavy atom. The van der Waals surface area contributed by atoms with Gasteiger partial charge in [-0.05, 0) is 41.8 Å². The number of benzene rings is 2. The lowest BCUT2D eigenvalue weighted by Crippen LogP contribution is -2.31. The molecule has 1 N–H and O–H groups in total. The Labute approximate surface area is 165 Å². The van der Waals surface area contributed by atoms with Gasteiger partial charge in [-0.1, -0.05) is 49.7 Å². The molecule has 0 spiro atoms. The smallest absolute Gasteiger partial charge is 0.136 e. The summed E-state index contributed by atoms with van der Waals surface area (Å²) in [6.45, 7) is 6.01. The van der Waals surface area contributed by atoms with Crippen LogP contribution in [-0.4, -0.2) is 16.5 Å². The molecule has 0 aliphatic carbocycles. The molecule has 1 aromatic heterocycles. The van der Waals surface area contributed by atoms with Gasteiger partial charge in [0.2, 0.25) is 0 Å². The first-order valence-electron chi connectivity index (χ1n) is 9.32. The Balaban J connectivity index is 1.65. The Morgan fingerprint density at radius 1 is 1.00 bits per heavy atom. The van der Waals surface area contributed by atoms with E-state index in [4.69, 9.17) is 21.6 Å². The van der Waals surface area contributed by atoms with Crippen molar-refractivity contribution in [3.05, 3.63) is 76.6 Å². The fraction of sp³-hybridized carbons (Fsp3) is 0.273. The van der Waals surface area contributed by atoms with Crippen molar-refractivity contribution >= 4 is 28.9 Å². The minimum Gasteiger partial charge on any atom is -0.352 e. The molecule has 1 aliphatic rings. The summed E-state index contributed by atoms with van der Waals surface area (Å²) in [7, 11) is 0. The molecular formula is C22H23ClN4. The highest BCUT2D eigenvalue weighted by Gasteiger charge is 2.20. The number of fused-ring (bicyclic) bond motifs is 1. The number of halogens is 1. The van der Waals surface area contributed by atoms with Crippen molar-refractivity contribution in [2.75, 3.05) is 16.8 Å². The maximum atomic E-state index is 6.14. The number of aromatic nitrogens is 2. The van der Waals surface area contributed by atoms with Gasteiger partial charge in [0.15, 0.2) is 0 Å². The van der Waals surface area contributed by atoms with E-state index in [1.165, 1.54) is 11.1 Å². The molecule has 0 fully saturated rings. The summed E-state index contributed by atoms with van der Waals surface area (Å²) in [6, 6.07) is 18.3. The molecule has 0 saturated carbocycles. The van der Waals surface area contributed by atoms with E-state index < -0.39 is 0 Å². The highest BCUT2D eigenvalue weighted by Crippen LogP contribution is 2.28. The lowest BCUT2D eigenvalue weighted by atomic mass is 10.00. The number of anilines is 3. The van der Waals surface area contributed by atoms with E-state index in [0.717, 1.165) is 47.7 Å². The van der Waals surface area contributed by atoms with Crippen molar-refractivity contribution in [3.63, 3.8) is 0 Å². The van der Waals surface area contributed by atoms with E-state index in [2.05, 4.69) is 36.2 Å². The van der Waals surface area contributed by atoms with E-state index in [1.54, 1.807) is 0 Å². The Bertz CT molecular complexity index is 940. The molecule has 1 aliphatic heterocycles. The van der Waals surface area contributed by atoms with Crippen LogP contribution < -0.4 is 10.2 Å². The molecule has 27 heavy (non-hydrogen) atoms. The number of rotatable bonds is 4. The van der Waals surface area contributed by atoms with E-state index >= 15 is 0 Å². The summed E-state index contributed by atoms with van der Waals surface area (Å²) in [6.07, 6.45) is 0.971. The summed E-state index contributed by atoms with van der Waals surface area (Å²) in [5.41, 5.74) is 3.67. The minimum absolute atomic E-state index is 0.261. The van der Waals surface area contributed by atoms with Crippen molar-refractivity contribution in [1.29, 1.82) is 0 Å². The van der Waals surface area contributed by atoms with Crippen molar-refractivity contribution in [3.8, 4) is 0 Å². The van der Waals surface area contributed by atoms with E-state index in [-0.39, 0.29) is 5.92 Å². The number of para-hydroxylation sites is 1. The third-order valence-corrected chi connectivity index (χ3v) is 5.03. The molecule has 3 aromatic rings. The van der Waals surface area contributed by atoms with Crippen LogP contribution in [0.4, 0.5) is 17.3 Å². The van der Waals surface area contributed by atoms with Gasteiger partial charge in [0.05, 0.1) is 0 Å². The largest absolute Gasteiger partial charge is 0.352 e. The summed E-state index contributed by atoms with van der Waals surface area (Å²) in [4.78, 5) is 11.9. The van der Waals surface area contributed by atoms with Gasteiger partial charge in [-0.3, -0.25) is 0 Å². The molecule has 138 valence electrons. The topological polar surface area (TPSA) is 41.1 Å². The lowest BCUT2D eigenvalue weighted by Gasteiger charge is -2.30. The standard InChI is InChI=1S/C22H23ClN4/c1-15(2)22-25-20(24-19-6-4-3-5-7-19)13-21(26-22)27-11-10-16-12-18(23)9-8-17(16)14-27/h3-9,12-13,15H,10-11,14H2,1-2H3,(H,24,25,26). The molecule has 2 aromatic carbocycles. The van der Waals surface area contributed by atoms with Gasteiger partial charge in [0.1, 0.15) is 17.5 Å². The molecule has 0 saturated heterocycles. The average molecular weight is 379 g/mol. The predicted octanol–water partition coefficient (Wildman–Crippen LogP) is 5.56. The van der Waals surface area contributed by atoms with Gasteiger partial charge < -0.3 is 10.2 Å². The molecule has 0 bridgehead atoms. The van der Waals surface area contributed by atoms with Crippen LogP contribution in [-0.2, 0) is 13.0 Å². The summed E-state index contributed by atoms with van der Waals surface area (Å²) < 4.78 is 0. The second-order valence-corrected chi connectivity index (χ2v) is 7.64. The van der Waals surface area contributed by atoms with Gasteiger partial charge in [-0.2, -0.15) is 0 Å². The molecule has 5 heteroatoms. The summed E-state index contributed by atoms with van der Waals surface area (Å²) >= 11 is 6.14. The van der Waals surface area contributed by atoms with Crippen LogP contribution in [0.1, 0.15) is 36.7 Å². The lowest BCUT2D eigenvalue weighted by molar-refractivity contribution is 0.703. The summed E-state index contributed by atoms with van der Waals surface area (Å²) in [5.74, 6) is 2.91. The monoisotopic (exact) mass is 378 g/mol. The van der Waals surface area contributed by atoms with E-state index in [1.807, 2.05) is 42.5 Å². The number of hydrogen-bond acceptors (Lipinski definition) is 4. The molecule has 0 atom stereocenters. The van der Waals surface area contributed by atoms with Crippen LogP contribution in [0.25, 0.3) is 0 Å². The van der Waals surface area contributed by atoms with Crippen LogP contribution >= 0.6 is 11.6 Å². The van der Waals surface area contributed by atoms with Gasteiger partial charge in [0, 0.05) is 35.8 Å². The average Bonchev–Trinajstić information content (AvgIpc) is 2.68. The Hall–Kier alpha value is -2.59. The molecule has 2 heterocycles. The third-order valence-electron chi connectivity index (χ3n) is 4.80. The molecule has 4 rings (SSSR count). The van der Waals surface area contributed by atoms with Crippen molar-refractivity contribution in [1.82, 2.24) is 9.97 Å². The quantitative estimate of drug-likeness (QED) is 0.645. The number of nitrogens with zero attached hydrogens (tertiary/aromatic N) is 3. The highest BCUT2D eigenvalue weighted by molar-refractivity contribution is 6.30. The maximum absolute atomic E-state index is 6.14. The predicted molar refractivity (Wildman–Crippen MR) is 112 cm³/mol. The summed E-state index contributed by atoms with van der Waals surface area (Å²) in [5, 5.41) is 4.22. The van der Waals surface area contributed by atoms with E-state index in [0.29, 0.717) is 0 Å². The van der Waals surface area contributed by atoms with Crippen molar-refractivity contribution in [2.24, 2.45) is 0 Å². The first kappa shape index (κ1) is 17.8. The molecular weight excluding hydrogens is 356 g/mol. The van der Waals surface area contributed by atoms with Gasteiger partial charge in [0.25, 0.3) is 0 Å².